The Balaban J connectivity index is 1.85. The molecule has 0 atom stereocenters. The van der Waals surface area contributed by atoms with Crippen LogP contribution in [0.2, 0.25) is 0 Å². The van der Waals surface area contributed by atoms with Crippen molar-refractivity contribution in [3.63, 3.8) is 0 Å². The van der Waals surface area contributed by atoms with Crippen molar-refractivity contribution in [3.8, 4) is 34.3 Å². The smallest absolute Gasteiger partial charge is 0.205 e. The van der Waals surface area contributed by atoms with Gasteiger partial charge < -0.3 is 23.4 Å². The minimum absolute atomic E-state index is 0.249. The summed E-state index contributed by atoms with van der Waals surface area (Å²) in [4.78, 5) is 13.0. The Labute approximate surface area is 179 Å². The molecule has 4 rings (SSSR count). The molecule has 0 unspecified atom stereocenters. The predicted octanol–water partition coefficient (Wildman–Crippen LogP) is 5.06. The van der Waals surface area contributed by atoms with Crippen molar-refractivity contribution >= 4 is 11.0 Å². The summed E-state index contributed by atoms with van der Waals surface area (Å²) >= 11 is 0. The quantitative estimate of drug-likeness (QED) is 0.418. The van der Waals surface area contributed by atoms with E-state index in [1.807, 2.05) is 54.6 Å². The first-order chi connectivity index (χ1) is 15.2. The van der Waals surface area contributed by atoms with Gasteiger partial charge in [0.25, 0.3) is 0 Å². The normalized spacial score (nSPS) is 10.7. The van der Waals surface area contributed by atoms with Gasteiger partial charge in [-0.15, -0.1) is 0 Å². The predicted molar refractivity (Wildman–Crippen MR) is 118 cm³/mol. The molecule has 0 saturated heterocycles. The van der Waals surface area contributed by atoms with Gasteiger partial charge in [0.15, 0.2) is 16.8 Å². The molecule has 158 valence electrons. The van der Waals surface area contributed by atoms with Gasteiger partial charge in [0.1, 0.15) is 29.3 Å². The molecule has 0 N–H and O–H groups in total. The van der Waals surface area contributed by atoms with Crippen LogP contribution in [0, 0.1) is 0 Å². The van der Waals surface area contributed by atoms with Crippen LogP contribution in [-0.4, -0.2) is 21.3 Å². The maximum Gasteiger partial charge on any atom is 0.205 e. The number of hydrogen-bond acceptors (Lipinski definition) is 6. The van der Waals surface area contributed by atoms with Crippen LogP contribution in [0.4, 0.5) is 0 Å². The van der Waals surface area contributed by atoms with E-state index in [0.717, 1.165) is 5.56 Å². The maximum atomic E-state index is 13.0. The van der Waals surface area contributed by atoms with Gasteiger partial charge >= 0.3 is 0 Å². The molecule has 6 heteroatoms. The van der Waals surface area contributed by atoms with Crippen molar-refractivity contribution in [3.05, 3.63) is 82.5 Å². The number of hydrogen-bond donors (Lipinski definition) is 0. The monoisotopic (exact) mass is 418 g/mol. The number of para-hydroxylation sites is 1. The first-order valence-corrected chi connectivity index (χ1v) is 9.69. The largest absolute Gasteiger partial charge is 0.496 e. The lowest BCUT2D eigenvalue weighted by molar-refractivity contribution is 0.307. The number of methoxy groups -OCH3 is 3. The molecule has 0 aliphatic carbocycles. The van der Waals surface area contributed by atoms with E-state index in [1.165, 1.54) is 27.4 Å². The topological polar surface area (TPSA) is 67.1 Å². The van der Waals surface area contributed by atoms with E-state index in [0.29, 0.717) is 40.9 Å². The minimum atomic E-state index is -0.257. The minimum Gasteiger partial charge on any atom is -0.496 e. The molecule has 0 radical (unpaired) electrons. The Morgan fingerprint density at radius 1 is 0.774 bits per heavy atom. The van der Waals surface area contributed by atoms with Crippen LogP contribution in [0.5, 0.6) is 23.0 Å². The molecule has 1 heterocycles. The molecule has 3 aromatic carbocycles. The first-order valence-electron chi connectivity index (χ1n) is 9.69. The molecule has 6 nitrogen and oxygen atoms in total. The van der Waals surface area contributed by atoms with Crippen molar-refractivity contribution in [2.75, 3.05) is 21.3 Å². The van der Waals surface area contributed by atoms with Crippen LogP contribution in [0.1, 0.15) is 5.56 Å². The van der Waals surface area contributed by atoms with E-state index in [9.17, 15) is 4.79 Å². The van der Waals surface area contributed by atoms with Gasteiger partial charge in [0.05, 0.1) is 26.9 Å². The molecule has 31 heavy (non-hydrogen) atoms. The van der Waals surface area contributed by atoms with Gasteiger partial charge in [-0.1, -0.05) is 42.5 Å². The molecular weight excluding hydrogens is 396 g/mol. The average Bonchev–Trinajstić information content (AvgIpc) is 2.82. The first kappa shape index (κ1) is 20.3. The molecule has 4 aromatic rings. The van der Waals surface area contributed by atoms with Gasteiger partial charge in [-0.3, -0.25) is 4.79 Å². The Hall–Kier alpha value is -3.93. The summed E-state index contributed by atoms with van der Waals surface area (Å²) in [7, 11) is 4.49. The lowest BCUT2D eigenvalue weighted by atomic mass is 10.1. The zero-order valence-electron chi connectivity index (χ0n) is 17.5. The Kier molecular flexibility index (Phi) is 5.80. The number of ether oxygens (including phenoxy) is 4. The van der Waals surface area contributed by atoms with Crippen LogP contribution in [0.3, 0.4) is 0 Å². The highest BCUT2D eigenvalue weighted by Crippen LogP contribution is 2.42. The average molecular weight is 418 g/mol. The summed E-state index contributed by atoms with van der Waals surface area (Å²) < 4.78 is 28.5. The summed E-state index contributed by atoms with van der Waals surface area (Å²) in [5, 5.41) is 0.284. The van der Waals surface area contributed by atoms with Gasteiger partial charge in [0, 0.05) is 12.1 Å². The molecule has 1 aromatic heterocycles. The molecule has 0 spiro atoms. The lowest BCUT2D eigenvalue weighted by Gasteiger charge is -2.15. The number of fused-ring (bicyclic) bond motifs is 1. The van der Waals surface area contributed by atoms with E-state index in [2.05, 4.69) is 0 Å². The second kappa shape index (κ2) is 8.83. The molecule has 0 saturated carbocycles. The highest BCUT2D eigenvalue weighted by molar-refractivity contribution is 5.92. The number of benzene rings is 3. The fourth-order valence-corrected chi connectivity index (χ4v) is 3.43. The second-order valence-corrected chi connectivity index (χ2v) is 6.76. The van der Waals surface area contributed by atoms with Gasteiger partial charge in [-0.25, -0.2) is 0 Å². The SMILES string of the molecule is COc1cc(OC)c2c(=O)cc(-c3ccccc3OCc3ccccc3)oc2c1OC. The highest BCUT2D eigenvalue weighted by atomic mass is 16.5. The maximum absolute atomic E-state index is 13.0. The Morgan fingerprint density at radius 3 is 2.19 bits per heavy atom. The van der Waals surface area contributed by atoms with Crippen LogP contribution < -0.4 is 24.4 Å². The van der Waals surface area contributed by atoms with Crippen LogP contribution in [-0.2, 0) is 6.61 Å². The van der Waals surface area contributed by atoms with E-state index in [1.54, 1.807) is 6.07 Å². The zero-order valence-corrected chi connectivity index (χ0v) is 17.5. The zero-order chi connectivity index (χ0) is 21.8. The summed E-state index contributed by atoms with van der Waals surface area (Å²) in [5.74, 6) is 2.03. The van der Waals surface area contributed by atoms with Crippen LogP contribution >= 0.6 is 0 Å². The fraction of sp³-hybridized carbons (Fsp3) is 0.160. The van der Waals surface area contributed by atoms with Crippen molar-refractivity contribution in [2.45, 2.75) is 6.61 Å². The summed E-state index contributed by atoms with van der Waals surface area (Å²) in [6, 6.07) is 20.3. The molecule has 0 amide bonds. The number of rotatable bonds is 7. The Bertz CT molecular complexity index is 1260. The van der Waals surface area contributed by atoms with Crippen molar-refractivity contribution in [1.82, 2.24) is 0 Å². The molecule has 0 aliphatic rings. The van der Waals surface area contributed by atoms with Crippen LogP contribution in [0.25, 0.3) is 22.3 Å². The summed E-state index contributed by atoms with van der Waals surface area (Å²) in [6.45, 7) is 0.390. The van der Waals surface area contributed by atoms with Gasteiger partial charge in [-0.2, -0.15) is 0 Å². The van der Waals surface area contributed by atoms with E-state index >= 15 is 0 Å². The third-order valence-electron chi connectivity index (χ3n) is 4.92. The fourth-order valence-electron chi connectivity index (χ4n) is 3.43. The lowest BCUT2D eigenvalue weighted by Crippen LogP contribution is -2.05. The van der Waals surface area contributed by atoms with E-state index in [-0.39, 0.29) is 16.4 Å². The molecular formula is C25H22O6. The van der Waals surface area contributed by atoms with Crippen molar-refractivity contribution in [2.24, 2.45) is 0 Å². The molecule has 0 aliphatic heterocycles. The van der Waals surface area contributed by atoms with E-state index in [4.69, 9.17) is 23.4 Å². The van der Waals surface area contributed by atoms with Gasteiger partial charge in [0.2, 0.25) is 5.75 Å². The van der Waals surface area contributed by atoms with Crippen molar-refractivity contribution in [1.29, 1.82) is 0 Å². The summed E-state index contributed by atoms with van der Waals surface area (Å²) in [5.41, 5.74) is 1.68. The Morgan fingerprint density at radius 2 is 1.48 bits per heavy atom. The van der Waals surface area contributed by atoms with Gasteiger partial charge in [-0.05, 0) is 17.7 Å². The third-order valence-corrected chi connectivity index (χ3v) is 4.92. The highest BCUT2D eigenvalue weighted by Gasteiger charge is 2.21. The molecule has 0 bridgehead atoms. The third kappa shape index (κ3) is 3.92. The van der Waals surface area contributed by atoms with Crippen LogP contribution in [0.15, 0.2) is 75.9 Å². The summed E-state index contributed by atoms with van der Waals surface area (Å²) in [6.07, 6.45) is 0. The molecule has 0 fully saturated rings. The standard InChI is InChI=1S/C25H22O6/c1-27-21-14-22(28-2)24(29-3)25-23(21)18(26)13-20(31-25)17-11-7-8-12-19(17)30-15-16-9-5-4-6-10-16/h4-14H,15H2,1-3H3. The second-order valence-electron chi connectivity index (χ2n) is 6.76. The van der Waals surface area contributed by atoms with Crippen molar-refractivity contribution < 1.29 is 23.4 Å². The van der Waals surface area contributed by atoms with E-state index < -0.39 is 0 Å².